The maximum Gasteiger partial charge on any atom is 0.280 e. The van der Waals surface area contributed by atoms with Gasteiger partial charge in [0.05, 0.1) is 29.0 Å². The highest BCUT2D eigenvalue weighted by molar-refractivity contribution is 5.85. The van der Waals surface area contributed by atoms with Crippen LogP contribution in [0.4, 0.5) is 0 Å². The molecule has 2 heterocycles. The lowest BCUT2D eigenvalue weighted by Crippen LogP contribution is -2.27. The van der Waals surface area contributed by atoms with Gasteiger partial charge in [-0.05, 0) is 36.1 Å². The first-order chi connectivity index (χ1) is 15.1. The van der Waals surface area contributed by atoms with Gasteiger partial charge in [-0.3, -0.25) is 14.4 Å². The van der Waals surface area contributed by atoms with E-state index >= 15 is 0 Å². The number of hydrogen-bond acceptors (Lipinski definition) is 5. The molecule has 31 heavy (non-hydrogen) atoms. The number of rotatable bonds is 6. The van der Waals surface area contributed by atoms with Gasteiger partial charge >= 0.3 is 0 Å². The van der Waals surface area contributed by atoms with Gasteiger partial charge in [0.25, 0.3) is 5.56 Å². The van der Waals surface area contributed by atoms with Crippen LogP contribution in [-0.4, -0.2) is 26.9 Å². The molecule has 0 radical (unpaired) electrons. The van der Waals surface area contributed by atoms with E-state index in [0.717, 1.165) is 48.2 Å². The molecule has 2 fully saturated rings. The predicted octanol–water partition coefficient (Wildman–Crippen LogP) is 4.10. The highest BCUT2D eigenvalue weighted by atomic mass is 16.7. The molecular formula is C25H27N3O3. The average Bonchev–Trinajstić information content (AvgIpc) is 3.32. The number of nitrogens with one attached hydrogen (secondary N) is 1. The van der Waals surface area contributed by atoms with Crippen molar-refractivity contribution in [2.45, 2.75) is 57.7 Å². The Balaban J connectivity index is 1.52. The number of aromatic amines is 1. The number of hydroxylamine groups is 2. The summed E-state index contributed by atoms with van der Waals surface area (Å²) in [4.78, 5) is 39.3. The van der Waals surface area contributed by atoms with Crippen molar-refractivity contribution in [1.82, 2.24) is 15.0 Å². The number of nitrogens with zero attached hydrogens (tertiary/aromatic N) is 2. The predicted molar refractivity (Wildman–Crippen MR) is 118 cm³/mol. The highest BCUT2D eigenvalue weighted by Crippen LogP contribution is 2.46. The molecular weight excluding hydrogens is 390 g/mol. The Morgan fingerprint density at radius 2 is 2.00 bits per heavy atom. The van der Waals surface area contributed by atoms with Crippen molar-refractivity contribution in [3.63, 3.8) is 0 Å². The Labute approximate surface area is 181 Å². The summed E-state index contributed by atoms with van der Waals surface area (Å²) < 4.78 is 0. The molecule has 2 aliphatic rings. The zero-order valence-electron chi connectivity index (χ0n) is 17.7. The number of carbonyl (C=O) groups excluding carboxylic acids is 1. The van der Waals surface area contributed by atoms with Crippen LogP contribution in [0.25, 0.3) is 10.9 Å². The first-order valence-corrected chi connectivity index (χ1v) is 11.2. The summed E-state index contributed by atoms with van der Waals surface area (Å²) in [6.07, 6.45) is 4.03. The zero-order valence-corrected chi connectivity index (χ0v) is 17.7. The number of carbonyl (C=O) groups is 1. The summed E-state index contributed by atoms with van der Waals surface area (Å²) in [5, 5.41) is 2.49. The van der Waals surface area contributed by atoms with Gasteiger partial charge in [0, 0.05) is 19.4 Å². The first kappa shape index (κ1) is 20.1. The van der Waals surface area contributed by atoms with Crippen LogP contribution in [0.2, 0.25) is 0 Å². The van der Waals surface area contributed by atoms with Crippen LogP contribution in [-0.2, 0) is 22.6 Å². The molecule has 6 heteroatoms. The summed E-state index contributed by atoms with van der Waals surface area (Å²) in [5.74, 6) is 0.776. The number of H-pyrrole nitrogens is 1. The second kappa shape index (κ2) is 8.36. The van der Waals surface area contributed by atoms with Crippen molar-refractivity contribution in [1.29, 1.82) is 0 Å². The molecule has 1 aliphatic heterocycles. The Kier molecular flexibility index (Phi) is 5.42. The highest BCUT2D eigenvalue weighted by Gasteiger charge is 2.51. The molecule has 2 aromatic carbocycles. The fourth-order valence-electron chi connectivity index (χ4n) is 4.89. The van der Waals surface area contributed by atoms with Gasteiger partial charge in [-0.1, -0.05) is 49.7 Å². The van der Waals surface area contributed by atoms with Crippen LogP contribution in [0.3, 0.4) is 0 Å². The van der Waals surface area contributed by atoms with Crippen molar-refractivity contribution in [2.24, 2.45) is 5.92 Å². The second-order valence-corrected chi connectivity index (χ2v) is 8.58. The molecule has 1 aliphatic carbocycles. The minimum absolute atomic E-state index is 0.0928. The van der Waals surface area contributed by atoms with Gasteiger partial charge in [0.15, 0.2) is 0 Å². The van der Waals surface area contributed by atoms with Crippen LogP contribution in [0.15, 0.2) is 53.3 Å². The molecule has 0 unspecified atom stereocenters. The smallest absolute Gasteiger partial charge is 0.280 e. The molecule has 5 rings (SSSR count). The van der Waals surface area contributed by atoms with Gasteiger partial charge < -0.3 is 4.98 Å². The Hall–Kier alpha value is -2.83. The third kappa shape index (κ3) is 3.82. The van der Waals surface area contributed by atoms with Crippen LogP contribution >= 0.6 is 0 Å². The third-order valence-electron chi connectivity index (χ3n) is 6.45. The molecule has 1 aromatic heterocycles. The Morgan fingerprint density at radius 3 is 2.81 bits per heavy atom. The van der Waals surface area contributed by atoms with E-state index in [9.17, 15) is 9.59 Å². The lowest BCUT2D eigenvalue weighted by atomic mass is 9.89. The molecule has 1 N–H and O–H groups in total. The lowest BCUT2D eigenvalue weighted by Gasteiger charge is -2.26. The molecule has 6 nitrogen and oxygen atoms in total. The Bertz CT molecular complexity index is 1160. The van der Waals surface area contributed by atoms with E-state index in [1.54, 1.807) is 0 Å². The standard InChI is InChI=1S/C25H27N3O3/c1-2-3-9-22-26-19-11-10-17(14-18(19)25(30)27-22)24-23-20(29)12-13-21(23)31-28(24)15-16-7-5-4-6-8-16/h4-8,10-11,14,21,23-24H,2-3,9,12-13,15H2,1H3,(H,26,27,30)/t21-,23+,24+/m0/s1. The number of ketones is 1. The number of benzene rings is 2. The van der Waals surface area contributed by atoms with Gasteiger partial charge in [-0.15, -0.1) is 0 Å². The van der Waals surface area contributed by atoms with Gasteiger partial charge in [0.2, 0.25) is 0 Å². The molecule has 0 bridgehead atoms. The number of unbranched alkanes of at least 4 members (excludes halogenated alkanes) is 1. The summed E-state index contributed by atoms with van der Waals surface area (Å²) in [7, 11) is 0. The van der Waals surface area contributed by atoms with Gasteiger partial charge in [-0.2, -0.15) is 10.0 Å². The quantitative estimate of drug-likeness (QED) is 0.653. The van der Waals surface area contributed by atoms with Crippen LogP contribution in [0.5, 0.6) is 0 Å². The topological polar surface area (TPSA) is 75.3 Å². The van der Waals surface area contributed by atoms with Crippen LogP contribution in [0.1, 0.15) is 55.6 Å². The molecule has 1 saturated carbocycles. The number of hydrogen-bond donors (Lipinski definition) is 1. The van der Waals surface area contributed by atoms with E-state index in [1.165, 1.54) is 0 Å². The van der Waals surface area contributed by atoms with Crippen molar-refractivity contribution in [2.75, 3.05) is 0 Å². The lowest BCUT2D eigenvalue weighted by molar-refractivity contribution is -0.171. The molecule has 0 spiro atoms. The molecule has 160 valence electrons. The molecule has 3 atom stereocenters. The van der Waals surface area contributed by atoms with Crippen LogP contribution < -0.4 is 5.56 Å². The number of fused-ring (bicyclic) bond motifs is 2. The van der Waals surface area contributed by atoms with E-state index in [-0.39, 0.29) is 29.4 Å². The molecule has 0 amide bonds. The van der Waals surface area contributed by atoms with Gasteiger partial charge in [0.1, 0.15) is 11.6 Å². The second-order valence-electron chi connectivity index (χ2n) is 8.58. The number of Topliss-reactive ketones (excluding diaryl/α,β-unsaturated/α-hetero) is 1. The maximum absolute atomic E-state index is 12.8. The fourth-order valence-corrected chi connectivity index (χ4v) is 4.89. The zero-order chi connectivity index (χ0) is 21.4. The largest absolute Gasteiger partial charge is 0.343 e. The van der Waals surface area contributed by atoms with E-state index in [4.69, 9.17) is 4.84 Å². The van der Waals surface area contributed by atoms with Crippen molar-refractivity contribution < 1.29 is 9.63 Å². The summed E-state index contributed by atoms with van der Waals surface area (Å²) in [5.41, 5.74) is 2.63. The maximum atomic E-state index is 12.8. The van der Waals surface area contributed by atoms with E-state index in [0.29, 0.717) is 18.4 Å². The molecule has 3 aromatic rings. The van der Waals surface area contributed by atoms with Gasteiger partial charge in [-0.25, -0.2) is 0 Å². The normalized spacial score (nSPS) is 23.5. The number of aryl methyl sites for hydroxylation is 1. The van der Waals surface area contributed by atoms with E-state index < -0.39 is 0 Å². The van der Waals surface area contributed by atoms with Crippen molar-refractivity contribution >= 4 is 16.7 Å². The summed E-state index contributed by atoms with van der Waals surface area (Å²) >= 11 is 0. The monoisotopic (exact) mass is 417 g/mol. The SMILES string of the molecule is CCCCc1nc(=O)c2cc([C@@H]3[C@@H]4C(=O)CC[C@@H]4ON3Cc3ccccc3)ccc2[nH]1. The summed E-state index contributed by atoms with van der Waals surface area (Å²) in [6.45, 7) is 2.71. The Morgan fingerprint density at radius 1 is 1.16 bits per heavy atom. The fraction of sp³-hybridized carbons (Fsp3) is 0.400. The van der Waals surface area contributed by atoms with E-state index in [1.807, 2.05) is 41.5 Å². The van der Waals surface area contributed by atoms with Crippen molar-refractivity contribution in [3.8, 4) is 0 Å². The van der Waals surface area contributed by atoms with Crippen LogP contribution in [0, 0.1) is 5.92 Å². The average molecular weight is 418 g/mol. The third-order valence-corrected chi connectivity index (χ3v) is 6.45. The van der Waals surface area contributed by atoms with E-state index in [2.05, 4.69) is 29.0 Å². The molecule has 1 saturated heterocycles. The minimum atomic E-state index is -0.218. The minimum Gasteiger partial charge on any atom is -0.343 e. The van der Waals surface area contributed by atoms with Crippen molar-refractivity contribution in [3.05, 3.63) is 75.8 Å². The first-order valence-electron chi connectivity index (χ1n) is 11.2. The summed E-state index contributed by atoms with van der Waals surface area (Å²) in [6, 6.07) is 15.8. The number of aromatic nitrogens is 2.